The highest BCUT2D eigenvalue weighted by Gasteiger charge is 2.29. The van der Waals surface area contributed by atoms with E-state index in [1.54, 1.807) is 6.92 Å². The first-order chi connectivity index (χ1) is 9.08. The Balaban J connectivity index is 2.31. The Morgan fingerprint density at radius 3 is 2.53 bits per heavy atom. The molecule has 19 heavy (non-hydrogen) atoms. The van der Waals surface area contributed by atoms with Gasteiger partial charge in [0.15, 0.2) is 0 Å². The molecule has 0 heterocycles. The van der Waals surface area contributed by atoms with Gasteiger partial charge in [-0.2, -0.15) is 0 Å². The average Bonchev–Trinajstić information content (AvgIpc) is 2.44. The van der Waals surface area contributed by atoms with Gasteiger partial charge in [0.1, 0.15) is 6.10 Å². The van der Waals surface area contributed by atoms with Gasteiger partial charge >= 0.3 is 5.97 Å². The van der Waals surface area contributed by atoms with Crippen LogP contribution in [0, 0.1) is 18.3 Å². The molecule has 5 heteroatoms. The lowest BCUT2D eigenvalue weighted by atomic mass is 9.87. The smallest absolute Gasteiger partial charge is 0.308 e. The van der Waals surface area contributed by atoms with Gasteiger partial charge in [-0.1, -0.05) is 5.92 Å². The van der Waals surface area contributed by atoms with Crippen LogP contribution in [-0.4, -0.2) is 37.7 Å². The minimum Gasteiger partial charge on any atom is -0.469 e. The number of methoxy groups -OCH3 is 1. The van der Waals surface area contributed by atoms with Crippen LogP contribution in [0.15, 0.2) is 0 Å². The van der Waals surface area contributed by atoms with Gasteiger partial charge in [0.25, 0.3) is 0 Å². The Bertz CT molecular complexity index is 353. The number of rotatable bonds is 5. The second kappa shape index (κ2) is 7.80. The van der Waals surface area contributed by atoms with E-state index in [1.165, 1.54) is 7.11 Å². The van der Waals surface area contributed by atoms with Crippen molar-refractivity contribution in [2.75, 3.05) is 13.7 Å². The van der Waals surface area contributed by atoms with E-state index >= 15 is 0 Å². The molecule has 0 aromatic heterocycles. The lowest BCUT2D eigenvalue weighted by molar-refractivity contribution is -0.149. The lowest BCUT2D eigenvalue weighted by Gasteiger charge is -2.28. The standard InChI is InChI=1S/C14H21NO4/c1-4-9-15-13(16)10(2)19-12-7-5-11(6-8-12)14(17)18-3/h1,10-12H,5-9H2,2-3H3,(H,15,16). The lowest BCUT2D eigenvalue weighted by Crippen LogP contribution is -2.38. The summed E-state index contributed by atoms with van der Waals surface area (Å²) in [6.07, 6.45) is 7.60. The molecule has 1 N–H and O–H groups in total. The Morgan fingerprint density at radius 1 is 1.37 bits per heavy atom. The number of carbonyl (C=O) groups excluding carboxylic acids is 2. The summed E-state index contributed by atoms with van der Waals surface area (Å²) >= 11 is 0. The fourth-order valence-corrected chi connectivity index (χ4v) is 2.23. The zero-order valence-corrected chi connectivity index (χ0v) is 11.5. The molecular formula is C14H21NO4. The van der Waals surface area contributed by atoms with Gasteiger partial charge in [0.05, 0.1) is 25.7 Å². The predicted molar refractivity (Wildman–Crippen MR) is 70.2 cm³/mol. The number of nitrogens with one attached hydrogen (secondary N) is 1. The molecule has 0 radical (unpaired) electrons. The summed E-state index contributed by atoms with van der Waals surface area (Å²) < 4.78 is 10.4. The molecule has 1 unspecified atom stereocenters. The van der Waals surface area contributed by atoms with Crippen molar-refractivity contribution in [3.8, 4) is 12.3 Å². The monoisotopic (exact) mass is 267 g/mol. The minimum absolute atomic E-state index is 0.0208. The molecule has 0 bridgehead atoms. The van der Waals surface area contributed by atoms with E-state index in [-0.39, 0.29) is 30.4 Å². The second-order valence-corrected chi connectivity index (χ2v) is 4.70. The van der Waals surface area contributed by atoms with E-state index in [2.05, 4.69) is 11.2 Å². The molecule has 5 nitrogen and oxygen atoms in total. The Morgan fingerprint density at radius 2 is 2.00 bits per heavy atom. The molecule has 106 valence electrons. The van der Waals surface area contributed by atoms with Crippen LogP contribution in [0.4, 0.5) is 0 Å². The van der Waals surface area contributed by atoms with Gasteiger partial charge in [0.2, 0.25) is 5.91 Å². The van der Waals surface area contributed by atoms with Gasteiger partial charge in [-0.3, -0.25) is 9.59 Å². The molecule has 1 aliphatic carbocycles. The highest BCUT2D eigenvalue weighted by molar-refractivity contribution is 5.80. The van der Waals surface area contributed by atoms with Gasteiger partial charge in [-0.25, -0.2) is 0 Å². The van der Waals surface area contributed by atoms with Gasteiger partial charge in [0, 0.05) is 0 Å². The average molecular weight is 267 g/mol. The Kier molecular flexibility index (Phi) is 6.37. The highest BCUT2D eigenvalue weighted by atomic mass is 16.5. The van der Waals surface area contributed by atoms with Crippen LogP contribution < -0.4 is 5.32 Å². The summed E-state index contributed by atoms with van der Waals surface area (Å²) in [5.41, 5.74) is 0. The SMILES string of the molecule is C#CCNC(=O)C(C)OC1CCC(C(=O)OC)CC1. The minimum atomic E-state index is -0.520. The number of terminal acetylenes is 1. The Labute approximate surface area is 114 Å². The number of ether oxygens (including phenoxy) is 2. The van der Waals surface area contributed by atoms with E-state index in [1.807, 2.05) is 0 Å². The zero-order valence-electron chi connectivity index (χ0n) is 11.5. The number of esters is 1. The summed E-state index contributed by atoms with van der Waals surface area (Å²) in [5.74, 6) is 1.96. The van der Waals surface area contributed by atoms with Crippen LogP contribution in [0.5, 0.6) is 0 Å². The third-order valence-electron chi connectivity index (χ3n) is 3.34. The van der Waals surface area contributed by atoms with Crippen molar-refractivity contribution < 1.29 is 19.1 Å². The van der Waals surface area contributed by atoms with Gasteiger partial charge in [-0.05, 0) is 32.6 Å². The van der Waals surface area contributed by atoms with Gasteiger partial charge in [-0.15, -0.1) is 6.42 Å². The van der Waals surface area contributed by atoms with Crippen molar-refractivity contribution in [3.63, 3.8) is 0 Å². The second-order valence-electron chi connectivity index (χ2n) is 4.70. The number of carbonyl (C=O) groups is 2. The first kappa shape index (κ1) is 15.5. The zero-order chi connectivity index (χ0) is 14.3. The normalized spacial score (nSPS) is 24.1. The number of hydrogen-bond donors (Lipinski definition) is 1. The molecule has 1 fully saturated rings. The number of hydrogen-bond acceptors (Lipinski definition) is 4. The van der Waals surface area contributed by atoms with Crippen LogP contribution in [0.2, 0.25) is 0 Å². The van der Waals surface area contributed by atoms with E-state index in [4.69, 9.17) is 15.9 Å². The van der Waals surface area contributed by atoms with Crippen molar-refractivity contribution in [2.45, 2.75) is 44.8 Å². The molecule has 0 aromatic rings. The first-order valence-electron chi connectivity index (χ1n) is 6.53. The summed E-state index contributed by atoms with van der Waals surface area (Å²) in [6.45, 7) is 1.92. The van der Waals surface area contributed by atoms with E-state index in [9.17, 15) is 9.59 Å². The fourth-order valence-electron chi connectivity index (χ4n) is 2.23. The first-order valence-corrected chi connectivity index (χ1v) is 6.53. The molecule has 0 saturated heterocycles. The van der Waals surface area contributed by atoms with Crippen LogP contribution in [0.25, 0.3) is 0 Å². The largest absolute Gasteiger partial charge is 0.469 e. The maximum atomic E-state index is 11.6. The van der Waals surface area contributed by atoms with Crippen LogP contribution in [-0.2, 0) is 19.1 Å². The summed E-state index contributed by atoms with van der Waals surface area (Å²) in [5, 5.41) is 2.58. The third kappa shape index (κ3) is 4.92. The molecular weight excluding hydrogens is 246 g/mol. The molecule has 1 rings (SSSR count). The van der Waals surface area contributed by atoms with E-state index in [0.29, 0.717) is 0 Å². The molecule has 0 spiro atoms. The van der Waals surface area contributed by atoms with Crippen molar-refractivity contribution in [2.24, 2.45) is 5.92 Å². The van der Waals surface area contributed by atoms with E-state index in [0.717, 1.165) is 25.7 Å². The van der Waals surface area contributed by atoms with Crippen LogP contribution in [0.1, 0.15) is 32.6 Å². The maximum absolute atomic E-state index is 11.6. The topological polar surface area (TPSA) is 64.6 Å². The predicted octanol–water partition coefficient (Wildman–Crippen LogP) is 0.873. The number of amides is 1. The Hall–Kier alpha value is -1.54. The molecule has 0 aliphatic heterocycles. The highest BCUT2D eigenvalue weighted by Crippen LogP contribution is 2.27. The molecule has 1 aliphatic rings. The molecule has 1 atom stereocenters. The van der Waals surface area contributed by atoms with Crippen LogP contribution >= 0.6 is 0 Å². The summed E-state index contributed by atoms with van der Waals surface area (Å²) in [4.78, 5) is 23.0. The molecule has 0 aromatic carbocycles. The third-order valence-corrected chi connectivity index (χ3v) is 3.34. The molecule has 1 saturated carbocycles. The molecule has 1 amide bonds. The van der Waals surface area contributed by atoms with Crippen molar-refractivity contribution in [3.05, 3.63) is 0 Å². The van der Waals surface area contributed by atoms with Gasteiger partial charge < -0.3 is 14.8 Å². The quantitative estimate of drug-likeness (QED) is 0.593. The summed E-state index contributed by atoms with van der Waals surface area (Å²) in [7, 11) is 1.41. The maximum Gasteiger partial charge on any atom is 0.308 e. The van der Waals surface area contributed by atoms with E-state index < -0.39 is 6.10 Å². The van der Waals surface area contributed by atoms with Crippen molar-refractivity contribution >= 4 is 11.9 Å². The van der Waals surface area contributed by atoms with Crippen molar-refractivity contribution in [1.82, 2.24) is 5.32 Å². The van der Waals surface area contributed by atoms with Crippen LogP contribution in [0.3, 0.4) is 0 Å². The fraction of sp³-hybridized carbons (Fsp3) is 0.714. The van der Waals surface area contributed by atoms with Crippen molar-refractivity contribution in [1.29, 1.82) is 0 Å². The summed E-state index contributed by atoms with van der Waals surface area (Å²) in [6, 6.07) is 0.